The molecule has 0 fully saturated rings. The predicted octanol–water partition coefficient (Wildman–Crippen LogP) is 3.51. The van der Waals surface area contributed by atoms with Crippen LogP contribution in [0.1, 0.15) is 27.6 Å². The van der Waals surface area contributed by atoms with Crippen LogP contribution < -0.4 is 0 Å². The smallest absolute Gasteiger partial charge is 0.336 e. The molecule has 3 nitrogen and oxygen atoms in total. The third-order valence-electron chi connectivity index (χ3n) is 2.80. The summed E-state index contributed by atoms with van der Waals surface area (Å²) in [4.78, 5) is 11.1. The Labute approximate surface area is 121 Å². The maximum Gasteiger partial charge on any atom is 0.336 e. The van der Waals surface area contributed by atoms with Crippen LogP contribution in [0, 0.1) is 11.6 Å². The standard InChI is InChI=1S/C14H9BrF2O3/c15-8-3-1-7(2-4-8)13(18)9-5-11(16)12(17)6-10(9)14(19)20/h1-6,13,18H,(H,19,20). The van der Waals surface area contributed by atoms with E-state index in [0.717, 1.165) is 4.47 Å². The highest BCUT2D eigenvalue weighted by Gasteiger charge is 2.21. The maximum absolute atomic E-state index is 13.3. The molecule has 0 amide bonds. The highest BCUT2D eigenvalue weighted by Crippen LogP contribution is 2.28. The number of benzene rings is 2. The summed E-state index contributed by atoms with van der Waals surface area (Å²) in [5, 5.41) is 19.2. The molecule has 2 aromatic rings. The second-order valence-corrected chi connectivity index (χ2v) is 5.03. The number of carboxylic acids is 1. The minimum Gasteiger partial charge on any atom is -0.478 e. The summed E-state index contributed by atoms with van der Waals surface area (Å²) < 4.78 is 27.2. The lowest BCUT2D eigenvalue weighted by molar-refractivity contribution is 0.0690. The van der Waals surface area contributed by atoms with E-state index in [0.29, 0.717) is 17.7 Å². The van der Waals surface area contributed by atoms with E-state index in [2.05, 4.69) is 15.9 Å². The van der Waals surface area contributed by atoms with Crippen LogP contribution in [0.3, 0.4) is 0 Å². The van der Waals surface area contributed by atoms with Crippen LogP contribution in [-0.2, 0) is 0 Å². The van der Waals surface area contributed by atoms with E-state index >= 15 is 0 Å². The van der Waals surface area contributed by atoms with Crippen LogP contribution in [0.15, 0.2) is 40.9 Å². The van der Waals surface area contributed by atoms with Crippen molar-refractivity contribution in [1.82, 2.24) is 0 Å². The SMILES string of the molecule is O=C(O)c1cc(F)c(F)cc1C(O)c1ccc(Br)cc1. The van der Waals surface area contributed by atoms with Crippen molar-refractivity contribution in [3.8, 4) is 0 Å². The normalized spacial score (nSPS) is 12.2. The van der Waals surface area contributed by atoms with Gasteiger partial charge in [-0.05, 0) is 29.8 Å². The third kappa shape index (κ3) is 2.86. The Morgan fingerprint density at radius 3 is 2.20 bits per heavy atom. The number of rotatable bonds is 3. The second-order valence-electron chi connectivity index (χ2n) is 4.11. The third-order valence-corrected chi connectivity index (χ3v) is 3.33. The molecule has 0 saturated heterocycles. The minimum atomic E-state index is -1.44. The zero-order valence-corrected chi connectivity index (χ0v) is 11.6. The summed E-state index contributed by atoms with van der Waals surface area (Å²) in [5.41, 5.74) is -0.292. The van der Waals surface area contributed by atoms with Crippen LogP contribution in [0.4, 0.5) is 8.78 Å². The fraction of sp³-hybridized carbons (Fsp3) is 0.0714. The molecular weight excluding hydrogens is 334 g/mol. The van der Waals surface area contributed by atoms with Gasteiger partial charge in [-0.15, -0.1) is 0 Å². The molecule has 0 aliphatic rings. The fourth-order valence-electron chi connectivity index (χ4n) is 1.80. The van der Waals surface area contributed by atoms with Crippen molar-refractivity contribution in [2.45, 2.75) is 6.10 Å². The Morgan fingerprint density at radius 2 is 1.65 bits per heavy atom. The first-order valence-electron chi connectivity index (χ1n) is 5.56. The average molecular weight is 343 g/mol. The van der Waals surface area contributed by atoms with E-state index in [1.807, 2.05) is 0 Å². The number of carbonyl (C=O) groups is 1. The molecule has 2 N–H and O–H groups in total. The molecular formula is C14H9BrF2O3. The topological polar surface area (TPSA) is 57.5 Å². The Morgan fingerprint density at radius 1 is 1.10 bits per heavy atom. The van der Waals surface area contributed by atoms with Gasteiger partial charge in [0.15, 0.2) is 11.6 Å². The summed E-state index contributed by atoms with van der Waals surface area (Å²) in [6.07, 6.45) is -1.36. The molecule has 1 atom stereocenters. The fourth-order valence-corrected chi connectivity index (χ4v) is 2.06. The highest BCUT2D eigenvalue weighted by molar-refractivity contribution is 9.10. The molecule has 0 heterocycles. The molecule has 0 spiro atoms. The molecule has 0 aliphatic heterocycles. The van der Waals surface area contributed by atoms with E-state index in [9.17, 15) is 18.7 Å². The summed E-state index contributed by atoms with van der Waals surface area (Å²) in [7, 11) is 0. The summed E-state index contributed by atoms with van der Waals surface area (Å²) in [6.45, 7) is 0. The lowest BCUT2D eigenvalue weighted by Crippen LogP contribution is -2.10. The van der Waals surface area contributed by atoms with Gasteiger partial charge >= 0.3 is 5.97 Å². The van der Waals surface area contributed by atoms with Gasteiger partial charge in [0.1, 0.15) is 6.10 Å². The number of aliphatic hydroxyl groups is 1. The predicted molar refractivity (Wildman–Crippen MR) is 71.5 cm³/mol. The van der Waals surface area contributed by atoms with Crippen LogP contribution in [0.2, 0.25) is 0 Å². The van der Waals surface area contributed by atoms with Crippen molar-refractivity contribution >= 4 is 21.9 Å². The van der Waals surface area contributed by atoms with Gasteiger partial charge in [-0.25, -0.2) is 13.6 Å². The number of aliphatic hydroxyl groups excluding tert-OH is 1. The van der Waals surface area contributed by atoms with Gasteiger partial charge in [0.25, 0.3) is 0 Å². The number of halogens is 3. The lowest BCUT2D eigenvalue weighted by atomic mass is 9.96. The van der Waals surface area contributed by atoms with Crippen LogP contribution in [0.25, 0.3) is 0 Å². The Kier molecular flexibility index (Phi) is 4.15. The van der Waals surface area contributed by atoms with Gasteiger partial charge in [-0.2, -0.15) is 0 Å². The summed E-state index contributed by atoms with van der Waals surface area (Å²) in [6, 6.07) is 7.68. The first-order chi connectivity index (χ1) is 9.40. The van der Waals surface area contributed by atoms with E-state index in [4.69, 9.17) is 5.11 Å². The largest absolute Gasteiger partial charge is 0.478 e. The Balaban J connectivity index is 2.53. The van der Waals surface area contributed by atoms with Gasteiger partial charge in [0, 0.05) is 10.0 Å². The molecule has 104 valence electrons. The molecule has 0 aliphatic carbocycles. The zero-order valence-electron chi connectivity index (χ0n) is 9.98. The monoisotopic (exact) mass is 342 g/mol. The van der Waals surface area contributed by atoms with E-state index in [1.165, 1.54) is 0 Å². The zero-order chi connectivity index (χ0) is 14.9. The van der Waals surface area contributed by atoms with Crippen molar-refractivity contribution in [3.63, 3.8) is 0 Å². The highest BCUT2D eigenvalue weighted by atomic mass is 79.9. The van der Waals surface area contributed by atoms with Crippen molar-refractivity contribution < 1.29 is 23.8 Å². The van der Waals surface area contributed by atoms with Gasteiger partial charge in [-0.1, -0.05) is 28.1 Å². The van der Waals surface area contributed by atoms with Gasteiger partial charge in [0.2, 0.25) is 0 Å². The molecule has 0 bridgehead atoms. The second kappa shape index (κ2) is 5.68. The van der Waals surface area contributed by atoms with Gasteiger partial charge < -0.3 is 10.2 Å². The van der Waals surface area contributed by atoms with Crippen LogP contribution in [0.5, 0.6) is 0 Å². The van der Waals surface area contributed by atoms with E-state index < -0.39 is 29.3 Å². The maximum atomic E-state index is 13.3. The molecule has 2 rings (SSSR count). The number of hydrogen-bond donors (Lipinski definition) is 2. The van der Waals surface area contributed by atoms with Crippen molar-refractivity contribution in [3.05, 3.63) is 69.2 Å². The first-order valence-corrected chi connectivity index (χ1v) is 6.35. The lowest BCUT2D eigenvalue weighted by Gasteiger charge is -2.14. The summed E-state index contributed by atoms with van der Waals surface area (Å²) in [5.74, 6) is -3.91. The van der Waals surface area contributed by atoms with E-state index in [-0.39, 0.29) is 5.56 Å². The van der Waals surface area contributed by atoms with Crippen molar-refractivity contribution in [2.75, 3.05) is 0 Å². The molecule has 20 heavy (non-hydrogen) atoms. The quantitative estimate of drug-likeness (QED) is 0.897. The minimum absolute atomic E-state index is 0.196. The Hall–Kier alpha value is -1.79. The molecule has 0 radical (unpaired) electrons. The molecule has 0 saturated carbocycles. The molecule has 0 aromatic heterocycles. The van der Waals surface area contributed by atoms with Crippen molar-refractivity contribution in [2.24, 2.45) is 0 Å². The number of hydrogen-bond acceptors (Lipinski definition) is 2. The van der Waals surface area contributed by atoms with Gasteiger partial charge in [-0.3, -0.25) is 0 Å². The molecule has 2 aromatic carbocycles. The van der Waals surface area contributed by atoms with E-state index in [1.54, 1.807) is 24.3 Å². The van der Waals surface area contributed by atoms with Crippen molar-refractivity contribution in [1.29, 1.82) is 0 Å². The Bertz CT molecular complexity index is 656. The van der Waals surface area contributed by atoms with Crippen LogP contribution >= 0.6 is 15.9 Å². The first kappa shape index (κ1) is 14.6. The summed E-state index contributed by atoms with van der Waals surface area (Å²) >= 11 is 3.22. The number of aromatic carboxylic acids is 1. The van der Waals surface area contributed by atoms with Crippen LogP contribution in [-0.4, -0.2) is 16.2 Å². The average Bonchev–Trinajstić information content (AvgIpc) is 2.41. The van der Waals surface area contributed by atoms with Gasteiger partial charge in [0.05, 0.1) is 5.56 Å². The number of carboxylic acid groups (broad SMARTS) is 1. The molecule has 6 heteroatoms. The molecule has 1 unspecified atom stereocenters.